The van der Waals surface area contributed by atoms with Crippen molar-refractivity contribution >= 4 is 27.5 Å². The van der Waals surface area contributed by atoms with Crippen LogP contribution in [-0.2, 0) is 17.9 Å². The van der Waals surface area contributed by atoms with Crippen molar-refractivity contribution in [3.05, 3.63) is 70.5 Å². The Morgan fingerprint density at radius 3 is 2.78 bits per heavy atom. The van der Waals surface area contributed by atoms with Crippen LogP contribution in [0.5, 0.6) is 0 Å². The zero-order chi connectivity index (χ0) is 18.8. The van der Waals surface area contributed by atoms with Crippen LogP contribution in [0.1, 0.15) is 11.5 Å². The van der Waals surface area contributed by atoms with Crippen molar-refractivity contribution in [2.45, 2.75) is 20.0 Å². The predicted molar refractivity (Wildman–Crippen MR) is 102 cm³/mol. The van der Waals surface area contributed by atoms with Crippen molar-refractivity contribution in [2.24, 2.45) is 0 Å². The molecular weight excluding hydrogens is 364 g/mol. The SMILES string of the molecule is Cc1nn(CC(=O)NCc2ccco2)c(=O)c2nc(-c3ccccc3)sc12. The van der Waals surface area contributed by atoms with Crippen LogP contribution in [-0.4, -0.2) is 20.7 Å². The summed E-state index contributed by atoms with van der Waals surface area (Å²) in [5.41, 5.74) is 1.58. The van der Waals surface area contributed by atoms with Gasteiger partial charge in [-0.15, -0.1) is 11.3 Å². The fourth-order valence-corrected chi connectivity index (χ4v) is 3.71. The summed E-state index contributed by atoms with van der Waals surface area (Å²) in [5, 5.41) is 7.75. The van der Waals surface area contributed by atoms with Gasteiger partial charge >= 0.3 is 0 Å². The normalized spacial score (nSPS) is 11.0. The Kier molecular flexibility index (Phi) is 4.55. The Hall–Kier alpha value is -3.26. The average molecular weight is 380 g/mol. The number of nitrogens with one attached hydrogen (secondary N) is 1. The smallest absolute Gasteiger partial charge is 0.294 e. The van der Waals surface area contributed by atoms with Crippen LogP contribution in [0.4, 0.5) is 0 Å². The number of hydrogen-bond acceptors (Lipinski definition) is 6. The van der Waals surface area contributed by atoms with Gasteiger partial charge in [0.2, 0.25) is 5.91 Å². The third kappa shape index (κ3) is 3.52. The predicted octanol–water partition coefficient (Wildman–Crippen LogP) is 2.74. The highest BCUT2D eigenvalue weighted by Gasteiger charge is 2.16. The molecule has 0 saturated heterocycles. The number of fused-ring (bicyclic) bond motifs is 1. The van der Waals surface area contributed by atoms with Crippen LogP contribution >= 0.6 is 11.3 Å². The minimum Gasteiger partial charge on any atom is -0.467 e. The molecule has 1 N–H and O–H groups in total. The maximum Gasteiger partial charge on any atom is 0.294 e. The summed E-state index contributed by atoms with van der Waals surface area (Å²) in [4.78, 5) is 29.4. The lowest BCUT2D eigenvalue weighted by Crippen LogP contribution is -2.33. The van der Waals surface area contributed by atoms with Gasteiger partial charge in [-0.1, -0.05) is 30.3 Å². The molecule has 4 aromatic rings. The molecule has 0 spiro atoms. The summed E-state index contributed by atoms with van der Waals surface area (Å²) in [6, 6.07) is 13.2. The lowest BCUT2D eigenvalue weighted by atomic mass is 10.2. The molecule has 7 nitrogen and oxygen atoms in total. The van der Waals surface area contributed by atoms with Crippen LogP contribution in [0.25, 0.3) is 20.8 Å². The number of aryl methyl sites for hydroxylation is 1. The molecule has 136 valence electrons. The van der Waals surface area contributed by atoms with Gasteiger partial charge in [0.25, 0.3) is 5.56 Å². The summed E-state index contributed by atoms with van der Waals surface area (Å²) in [5.74, 6) is 0.320. The van der Waals surface area contributed by atoms with Gasteiger partial charge in [-0.3, -0.25) is 9.59 Å². The molecule has 3 heterocycles. The lowest BCUT2D eigenvalue weighted by Gasteiger charge is -2.06. The van der Waals surface area contributed by atoms with E-state index in [-0.39, 0.29) is 24.6 Å². The van der Waals surface area contributed by atoms with Gasteiger partial charge in [0.1, 0.15) is 17.3 Å². The number of furan rings is 1. The molecule has 1 amide bonds. The molecule has 8 heteroatoms. The van der Waals surface area contributed by atoms with Crippen LogP contribution in [0, 0.1) is 6.92 Å². The number of rotatable bonds is 5. The van der Waals surface area contributed by atoms with Crippen LogP contribution < -0.4 is 10.9 Å². The second-order valence-corrected chi connectivity index (χ2v) is 6.97. The van der Waals surface area contributed by atoms with Crippen LogP contribution in [0.15, 0.2) is 57.9 Å². The van der Waals surface area contributed by atoms with E-state index in [0.29, 0.717) is 17.0 Å². The molecular formula is C19H16N4O3S. The first-order chi connectivity index (χ1) is 13.1. The molecule has 0 aliphatic rings. The number of carbonyl (C=O) groups excluding carboxylic acids is 1. The molecule has 3 aromatic heterocycles. The maximum atomic E-state index is 12.7. The summed E-state index contributed by atoms with van der Waals surface area (Å²) in [7, 11) is 0. The van der Waals surface area contributed by atoms with Crippen molar-refractivity contribution in [1.29, 1.82) is 0 Å². The molecule has 4 rings (SSSR count). The quantitative estimate of drug-likeness (QED) is 0.575. The monoisotopic (exact) mass is 380 g/mol. The first-order valence-electron chi connectivity index (χ1n) is 8.34. The number of benzene rings is 1. The van der Waals surface area contributed by atoms with Gasteiger partial charge in [-0.25, -0.2) is 9.67 Å². The van der Waals surface area contributed by atoms with Gasteiger partial charge in [0, 0.05) is 5.56 Å². The van der Waals surface area contributed by atoms with E-state index in [1.165, 1.54) is 17.6 Å². The minimum absolute atomic E-state index is 0.172. The van der Waals surface area contributed by atoms with Gasteiger partial charge in [-0.05, 0) is 19.1 Å². The number of nitrogens with zero attached hydrogens (tertiary/aromatic N) is 3. The second-order valence-electron chi connectivity index (χ2n) is 5.97. The largest absolute Gasteiger partial charge is 0.467 e. The fraction of sp³-hybridized carbons (Fsp3) is 0.158. The Balaban J connectivity index is 1.61. The number of hydrogen-bond donors (Lipinski definition) is 1. The van der Waals surface area contributed by atoms with Crippen LogP contribution in [0.2, 0.25) is 0 Å². The summed E-state index contributed by atoms with van der Waals surface area (Å²) in [6.07, 6.45) is 1.54. The summed E-state index contributed by atoms with van der Waals surface area (Å²) < 4.78 is 7.07. The van der Waals surface area contributed by atoms with Gasteiger partial charge < -0.3 is 9.73 Å². The summed E-state index contributed by atoms with van der Waals surface area (Å²) in [6.45, 7) is 1.90. The molecule has 0 saturated carbocycles. The van der Waals surface area contributed by atoms with Crippen LogP contribution in [0.3, 0.4) is 0 Å². The molecule has 0 atom stereocenters. The zero-order valence-electron chi connectivity index (χ0n) is 14.5. The Morgan fingerprint density at radius 2 is 2.04 bits per heavy atom. The van der Waals surface area contributed by atoms with E-state index in [9.17, 15) is 9.59 Å². The maximum absolute atomic E-state index is 12.7. The van der Waals surface area contributed by atoms with Gasteiger partial charge in [0.05, 0.1) is 23.2 Å². The highest BCUT2D eigenvalue weighted by Crippen LogP contribution is 2.29. The standard InChI is InChI=1S/C19H16N4O3S/c1-12-17-16(21-18(27-17)13-6-3-2-4-7-13)19(25)23(22-12)11-15(24)20-10-14-8-5-9-26-14/h2-9H,10-11H2,1H3,(H,20,24). The van der Waals surface area contributed by atoms with E-state index < -0.39 is 0 Å². The van der Waals surface area contributed by atoms with Gasteiger partial charge in [-0.2, -0.15) is 5.10 Å². The second kappa shape index (κ2) is 7.16. The van der Waals surface area contributed by atoms with Crippen molar-refractivity contribution in [2.75, 3.05) is 0 Å². The number of amides is 1. The fourth-order valence-electron chi connectivity index (χ4n) is 2.71. The third-order valence-electron chi connectivity index (χ3n) is 4.02. The summed E-state index contributed by atoms with van der Waals surface area (Å²) >= 11 is 1.43. The molecule has 0 aliphatic carbocycles. The zero-order valence-corrected chi connectivity index (χ0v) is 15.3. The van der Waals surface area contributed by atoms with E-state index >= 15 is 0 Å². The molecule has 1 aromatic carbocycles. The Bertz CT molecular complexity index is 1150. The average Bonchev–Trinajstić information content (AvgIpc) is 3.35. The highest BCUT2D eigenvalue weighted by molar-refractivity contribution is 7.21. The highest BCUT2D eigenvalue weighted by atomic mass is 32.1. The molecule has 0 fully saturated rings. The molecule has 0 radical (unpaired) electrons. The molecule has 0 bridgehead atoms. The lowest BCUT2D eigenvalue weighted by molar-refractivity contribution is -0.122. The van der Waals surface area contributed by atoms with E-state index in [4.69, 9.17) is 4.42 Å². The Morgan fingerprint density at radius 1 is 1.22 bits per heavy atom. The first kappa shape index (κ1) is 17.2. The molecule has 0 unspecified atom stereocenters. The molecule has 27 heavy (non-hydrogen) atoms. The van der Waals surface area contributed by atoms with Crippen molar-refractivity contribution < 1.29 is 9.21 Å². The van der Waals surface area contributed by atoms with Gasteiger partial charge in [0.15, 0.2) is 5.52 Å². The number of carbonyl (C=O) groups is 1. The number of thiazole rings is 1. The first-order valence-corrected chi connectivity index (χ1v) is 9.16. The van der Waals surface area contributed by atoms with E-state index in [2.05, 4.69) is 15.4 Å². The van der Waals surface area contributed by atoms with E-state index in [1.54, 1.807) is 12.1 Å². The Labute approximate surface area is 158 Å². The van der Waals surface area contributed by atoms with Crippen molar-refractivity contribution in [3.8, 4) is 10.6 Å². The number of aromatic nitrogens is 3. The minimum atomic E-state index is -0.373. The van der Waals surface area contributed by atoms with E-state index in [0.717, 1.165) is 20.0 Å². The molecule has 0 aliphatic heterocycles. The van der Waals surface area contributed by atoms with Crippen molar-refractivity contribution in [3.63, 3.8) is 0 Å². The third-order valence-corrected chi connectivity index (χ3v) is 5.23. The topological polar surface area (TPSA) is 90.0 Å². The van der Waals surface area contributed by atoms with E-state index in [1.807, 2.05) is 37.3 Å². The van der Waals surface area contributed by atoms with Crippen molar-refractivity contribution in [1.82, 2.24) is 20.1 Å².